The molecule has 0 saturated carbocycles. The topological polar surface area (TPSA) is 89.6 Å². The summed E-state index contributed by atoms with van der Waals surface area (Å²) in [5.41, 5.74) is 8.54. The number of carbonyl (C=O) groups is 2. The van der Waals surface area contributed by atoms with Gasteiger partial charge in [0.05, 0.1) is 31.0 Å². The fourth-order valence-electron chi connectivity index (χ4n) is 3.67. The van der Waals surface area contributed by atoms with Gasteiger partial charge in [-0.1, -0.05) is 48.5 Å². The summed E-state index contributed by atoms with van der Waals surface area (Å²) >= 11 is 0. The number of hydrogen-bond donors (Lipinski definition) is 2. The van der Waals surface area contributed by atoms with Crippen molar-refractivity contribution >= 4 is 22.7 Å². The minimum Gasteiger partial charge on any atom is -0.493 e. The molecule has 3 aromatic carbocycles. The Morgan fingerprint density at radius 3 is 2.32 bits per heavy atom. The fourth-order valence-corrected chi connectivity index (χ4v) is 3.67. The van der Waals surface area contributed by atoms with Gasteiger partial charge in [-0.3, -0.25) is 20.4 Å². The predicted octanol–water partition coefficient (Wildman–Crippen LogP) is 4.31. The molecule has 0 aliphatic carbocycles. The van der Waals surface area contributed by atoms with E-state index in [0.29, 0.717) is 40.1 Å². The van der Waals surface area contributed by atoms with E-state index in [2.05, 4.69) is 10.9 Å². The molecule has 4 aromatic rings. The number of hydrogen-bond acceptors (Lipinski definition) is 5. The lowest BCUT2D eigenvalue weighted by molar-refractivity contribution is -0.121. The van der Waals surface area contributed by atoms with Crippen molar-refractivity contribution in [3.63, 3.8) is 0 Å². The molecule has 1 heterocycles. The average Bonchev–Trinajstić information content (AvgIpc) is 2.90. The minimum absolute atomic E-state index is 0.262. The van der Waals surface area contributed by atoms with Crippen molar-refractivity contribution in [1.82, 2.24) is 15.8 Å². The number of aromatic nitrogens is 1. The molecule has 0 fully saturated rings. The van der Waals surface area contributed by atoms with Crippen LogP contribution in [0.5, 0.6) is 11.5 Å². The van der Waals surface area contributed by atoms with E-state index >= 15 is 0 Å². The fraction of sp³-hybridized carbons (Fsp3) is 0.148. The van der Waals surface area contributed by atoms with Crippen LogP contribution in [-0.4, -0.2) is 31.0 Å². The van der Waals surface area contributed by atoms with Crippen molar-refractivity contribution in [3.8, 4) is 22.8 Å². The highest BCUT2D eigenvalue weighted by molar-refractivity contribution is 6.07. The maximum Gasteiger partial charge on any atom is 0.270 e. The van der Waals surface area contributed by atoms with Crippen molar-refractivity contribution in [1.29, 1.82) is 0 Å². The predicted molar refractivity (Wildman–Crippen MR) is 131 cm³/mol. The van der Waals surface area contributed by atoms with Gasteiger partial charge < -0.3 is 9.47 Å². The zero-order valence-corrected chi connectivity index (χ0v) is 19.0. The molecule has 172 valence electrons. The molecule has 0 aliphatic heterocycles. The van der Waals surface area contributed by atoms with Crippen LogP contribution in [0.4, 0.5) is 0 Å². The molecule has 0 spiro atoms. The molecule has 4 rings (SSSR count). The highest BCUT2D eigenvalue weighted by Crippen LogP contribution is 2.33. The lowest BCUT2D eigenvalue weighted by Gasteiger charge is -2.13. The van der Waals surface area contributed by atoms with Crippen molar-refractivity contribution < 1.29 is 19.1 Å². The molecule has 0 radical (unpaired) electrons. The number of aryl methyl sites for hydroxylation is 1. The first kappa shape index (κ1) is 22.8. The van der Waals surface area contributed by atoms with Gasteiger partial charge in [-0.25, -0.2) is 4.98 Å². The number of carbonyl (C=O) groups excluding carboxylic acids is 2. The third-order valence-corrected chi connectivity index (χ3v) is 5.44. The Hall–Kier alpha value is -4.39. The molecule has 7 heteroatoms. The Labute approximate surface area is 197 Å². The first-order valence-electron chi connectivity index (χ1n) is 10.8. The van der Waals surface area contributed by atoms with Crippen LogP contribution < -0.4 is 20.3 Å². The second-order valence-electron chi connectivity index (χ2n) is 7.63. The second-order valence-corrected chi connectivity index (χ2v) is 7.63. The van der Waals surface area contributed by atoms with E-state index in [0.717, 1.165) is 11.1 Å². The second kappa shape index (κ2) is 10.5. The number of amides is 2. The molecule has 0 aliphatic rings. The number of nitrogens with zero attached hydrogens (tertiary/aromatic N) is 1. The Morgan fingerprint density at radius 2 is 1.56 bits per heavy atom. The van der Waals surface area contributed by atoms with Crippen LogP contribution in [0.25, 0.3) is 22.2 Å². The molecule has 0 unspecified atom stereocenters. The molecule has 0 bridgehead atoms. The first-order valence-corrected chi connectivity index (χ1v) is 10.8. The van der Waals surface area contributed by atoms with Gasteiger partial charge in [-0.2, -0.15) is 0 Å². The summed E-state index contributed by atoms with van der Waals surface area (Å²) < 4.78 is 10.7. The van der Waals surface area contributed by atoms with Gasteiger partial charge in [0, 0.05) is 17.4 Å². The summed E-state index contributed by atoms with van der Waals surface area (Å²) in [5, 5.41) is 0.683. The standard InChI is InChI=1S/C27H25N3O4/c1-33-24-14-13-19(16-25(24)34-2)23-17-21(20-10-6-7-11-22(20)28-23)27(32)30-29-26(31)15-12-18-8-4-3-5-9-18/h3-11,13-14,16-17H,12,15H2,1-2H3,(H,29,31)(H,30,32). The Morgan fingerprint density at radius 1 is 0.824 bits per heavy atom. The van der Waals surface area contributed by atoms with Gasteiger partial charge in [-0.05, 0) is 42.3 Å². The van der Waals surface area contributed by atoms with Crippen LogP contribution >= 0.6 is 0 Å². The number of benzene rings is 3. The van der Waals surface area contributed by atoms with Crippen molar-refractivity contribution in [2.45, 2.75) is 12.8 Å². The van der Waals surface area contributed by atoms with E-state index in [-0.39, 0.29) is 12.3 Å². The quantitative estimate of drug-likeness (QED) is 0.405. The summed E-state index contributed by atoms with van der Waals surface area (Å²) in [5.74, 6) is 0.471. The highest BCUT2D eigenvalue weighted by Gasteiger charge is 2.16. The molecular formula is C27H25N3O4. The highest BCUT2D eigenvalue weighted by atomic mass is 16.5. The normalized spacial score (nSPS) is 10.5. The van der Waals surface area contributed by atoms with Gasteiger partial charge in [0.25, 0.3) is 5.91 Å². The number of ether oxygens (including phenoxy) is 2. The number of para-hydroxylation sites is 1. The van der Waals surface area contributed by atoms with Gasteiger partial charge in [0.15, 0.2) is 11.5 Å². The molecule has 34 heavy (non-hydrogen) atoms. The van der Waals surface area contributed by atoms with Crippen LogP contribution in [0.1, 0.15) is 22.3 Å². The van der Waals surface area contributed by atoms with Gasteiger partial charge >= 0.3 is 0 Å². The van der Waals surface area contributed by atoms with Crippen LogP contribution in [0, 0.1) is 0 Å². The molecule has 2 N–H and O–H groups in total. The molecule has 7 nitrogen and oxygen atoms in total. The zero-order valence-electron chi connectivity index (χ0n) is 19.0. The van der Waals surface area contributed by atoms with Crippen molar-refractivity contribution in [2.75, 3.05) is 14.2 Å². The van der Waals surface area contributed by atoms with Crippen LogP contribution in [0.3, 0.4) is 0 Å². The van der Waals surface area contributed by atoms with E-state index in [1.807, 2.05) is 66.7 Å². The third kappa shape index (κ3) is 5.15. The lowest BCUT2D eigenvalue weighted by Crippen LogP contribution is -2.41. The summed E-state index contributed by atoms with van der Waals surface area (Å²) in [4.78, 5) is 30.0. The average molecular weight is 456 g/mol. The number of fused-ring (bicyclic) bond motifs is 1. The first-order chi connectivity index (χ1) is 16.6. The minimum atomic E-state index is -0.423. The number of hydrazine groups is 1. The van der Waals surface area contributed by atoms with E-state index < -0.39 is 5.91 Å². The largest absolute Gasteiger partial charge is 0.493 e. The smallest absolute Gasteiger partial charge is 0.270 e. The van der Waals surface area contributed by atoms with Crippen molar-refractivity contribution in [2.24, 2.45) is 0 Å². The molecular weight excluding hydrogens is 430 g/mol. The maximum absolute atomic E-state index is 13.0. The molecule has 2 amide bonds. The molecule has 0 atom stereocenters. The van der Waals surface area contributed by atoms with E-state index in [9.17, 15) is 9.59 Å². The molecule has 0 saturated heterocycles. The van der Waals surface area contributed by atoms with E-state index in [4.69, 9.17) is 14.5 Å². The summed E-state index contributed by atoms with van der Waals surface area (Å²) in [6.45, 7) is 0. The monoisotopic (exact) mass is 455 g/mol. The number of nitrogens with one attached hydrogen (secondary N) is 2. The lowest BCUT2D eigenvalue weighted by atomic mass is 10.0. The molecule has 1 aromatic heterocycles. The Kier molecular flexibility index (Phi) is 7.03. The number of methoxy groups -OCH3 is 2. The number of rotatable bonds is 7. The summed E-state index contributed by atoms with van der Waals surface area (Å²) in [6.07, 6.45) is 0.850. The van der Waals surface area contributed by atoms with Crippen molar-refractivity contribution in [3.05, 3.63) is 90.0 Å². The Balaban J connectivity index is 1.55. The zero-order chi connectivity index (χ0) is 23.9. The summed E-state index contributed by atoms with van der Waals surface area (Å²) in [6, 6.07) is 24.2. The van der Waals surface area contributed by atoms with Gasteiger partial charge in [-0.15, -0.1) is 0 Å². The van der Waals surface area contributed by atoms with E-state index in [1.54, 1.807) is 26.4 Å². The van der Waals surface area contributed by atoms with Gasteiger partial charge in [0.2, 0.25) is 5.91 Å². The van der Waals surface area contributed by atoms with Crippen LogP contribution in [-0.2, 0) is 11.2 Å². The Bertz CT molecular complexity index is 1320. The third-order valence-electron chi connectivity index (χ3n) is 5.44. The SMILES string of the molecule is COc1ccc(-c2cc(C(=O)NNC(=O)CCc3ccccc3)c3ccccc3n2)cc1OC. The van der Waals surface area contributed by atoms with Gasteiger partial charge in [0.1, 0.15) is 0 Å². The van der Waals surface area contributed by atoms with E-state index in [1.165, 1.54) is 0 Å². The van der Waals surface area contributed by atoms with Crippen LogP contribution in [0.15, 0.2) is 78.9 Å². The maximum atomic E-state index is 13.0. The summed E-state index contributed by atoms with van der Waals surface area (Å²) in [7, 11) is 3.14. The van der Waals surface area contributed by atoms with Crippen LogP contribution in [0.2, 0.25) is 0 Å². The number of pyridine rings is 1.